The van der Waals surface area contributed by atoms with Crippen LogP contribution >= 0.6 is 0 Å². The summed E-state index contributed by atoms with van der Waals surface area (Å²) < 4.78 is 6.48. The van der Waals surface area contributed by atoms with Gasteiger partial charge in [-0.05, 0) is 54.2 Å². The predicted octanol–water partition coefficient (Wildman–Crippen LogP) is 3.24. The Morgan fingerprint density at radius 2 is 1.74 bits per heavy atom. The van der Waals surface area contributed by atoms with Crippen molar-refractivity contribution in [3.63, 3.8) is 0 Å². The normalized spacial score (nSPS) is 27.1. The van der Waals surface area contributed by atoms with E-state index in [1.807, 2.05) is 72.8 Å². The Kier molecular flexibility index (Phi) is 6.83. The first-order chi connectivity index (χ1) is 19.0. The molecule has 5 atom stereocenters. The molecular formula is C31H33N3O5. The molecule has 0 aromatic heterocycles. The number of nitrogens with one attached hydrogen (secondary N) is 2. The molecule has 6 rings (SSSR count). The first-order valence-electron chi connectivity index (χ1n) is 13.7. The second kappa shape index (κ2) is 10.4. The lowest BCUT2D eigenvalue weighted by Gasteiger charge is -2.33. The van der Waals surface area contributed by atoms with Crippen molar-refractivity contribution in [3.05, 3.63) is 78.4 Å². The van der Waals surface area contributed by atoms with E-state index < -0.39 is 29.6 Å². The number of ether oxygens (including phenoxy) is 1. The third kappa shape index (κ3) is 4.47. The fourth-order valence-corrected chi connectivity index (χ4v) is 6.77. The molecule has 0 aliphatic carbocycles. The van der Waals surface area contributed by atoms with Crippen molar-refractivity contribution in [1.82, 2.24) is 10.2 Å². The highest BCUT2D eigenvalue weighted by Gasteiger charge is 2.74. The second-order valence-corrected chi connectivity index (χ2v) is 10.8. The Labute approximate surface area is 227 Å². The summed E-state index contributed by atoms with van der Waals surface area (Å²) >= 11 is 0. The molecule has 3 N–H and O–H groups in total. The zero-order valence-electron chi connectivity index (χ0n) is 21.7. The number of carbonyl (C=O) groups excluding carboxylic acids is 3. The van der Waals surface area contributed by atoms with E-state index >= 15 is 0 Å². The molecule has 0 saturated carbocycles. The van der Waals surface area contributed by atoms with Crippen molar-refractivity contribution in [1.29, 1.82) is 0 Å². The number of aliphatic hydroxyl groups excluding tert-OH is 1. The van der Waals surface area contributed by atoms with Gasteiger partial charge in [0, 0.05) is 25.4 Å². The van der Waals surface area contributed by atoms with Gasteiger partial charge in [0.25, 0.3) is 0 Å². The molecule has 2 bridgehead atoms. The summed E-state index contributed by atoms with van der Waals surface area (Å²) in [4.78, 5) is 42.9. The van der Waals surface area contributed by atoms with E-state index in [4.69, 9.17) is 4.74 Å². The lowest BCUT2D eigenvalue weighted by atomic mass is 9.70. The third-order valence-corrected chi connectivity index (χ3v) is 8.48. The molecule has 3 aromatic carbocycles. The maximum absolute atomic E-state index is 13.9. The first-order valence-corrected chi connectivity index (χ1v) is 13.7. The summed E-state index contributed by atoms with van der Waals surface area (Å²) in [6, 6.07) is 22.4. The third-order valence-electron chi connectivity index (χ3n) is 8.48. The van der Waals surface area contributed by atoms with Crippen LogP contribution < -0.4 is 10.6 Å². The number of nitrogens with zero attached hydrogens (tertiary/aromatic N) is 1. The summed E-state index contributed by atoms with van der Waals surface area (Å²) in [7, 11) is 0. The molecular weight excluding hydrogens is 494 g/mol. The molecule has 8 heteroatoms. The molecule has 8 nitrogen and oxygen atoms in total. The van der Waals surface area contributed by atoms with Gasteiger partial charge < -0.3 is 25.4 Å². The number of anilines is 1. The number of carbonyl (C=O) groups is 3. The average molecular weight is 528 g/mol. The summed E-state index contributed by atoms with van der Waals surface area (Å²) in [6.45, 7) is 0.691. The maximum atomic E-state index is 13.9. The average Bonchev–Trinajstić information content (AvgIpc) is 3.60. The number of hydrogen-bond acceptors (Lipinski definition) is 5. The summed E-state index contributed by atoms with van der Waals surface area (Å²) in [5, 5.41) is 17.4. The van der Waals surface area contributed by atoms with Gasteiger partial charge in [-0.3, -0.25) is 14.4 Å². The molecule has 202 valence electrons. The first kappa shape index (κ1) is 25.5. The zero-order valence-corrected chi connectivity index (χ0v) is 21.7. The van der Waals surface area contributed by atoms with Crippen molar-refractivity contribution in [2.45, 2.75) is 50.0 Å². The standard InChI is InChI=1S/C31H33N3O5/c35-17-7-6-16-34-27(29(37)33-23-13-12-21-10-4-5-11-22(21)18-23)31-15-14-24(39-31)25(26(31)30(34)38)28(36)32-19-20-8-2-1-3-9-20/h1-5,8-13,18,24-27,35H,6-7,14-17,19H2,(H,32,36)(H,33,37)/t24-,25+,26-,27?,31?/m0/s1. The van der Waals surface area contributed by atoms with Crippen LogP contribution in [-0.2, 0) is 25.7 Å². The van der Waals surface area contributed by atoms with Crippen LogP contribution in [0.2, 0.25) is 0 Å². The molecule has 0 radical (unpaired) electrons. The number of amides is 3. The Morgan fingerprint density at radius 3 is 2.54 bits per heavy atom. The van der Waals surface area contributed by atoms with Crippen LogP contribution in [0.15, 0.2) is 72.8 Å². The van der Waals surface area contributed by atoms with Gasteiger partial charge in [0.05, 0.1) is 17.9 Å². The number of rotatable bonds is 9. The SMILES string of the molecule is O=C(Nc1ccc2ccccc2c1)C1N(CCCCO)C(=O)[C@@H]2[C@H](C(=O)NCc3ccccc3)[C@@H]3CCC12O3. The Hall–Kier alpha value is -3.75. The van der Waals surface area contributed by atoms with Crippen molar-refractivity contribution in [2.24, 2.45) is 11.8 Å². The molecule has 3 amide bonds. The van der Waals surface area contributed by atoms with E-state index in [2.05, 4.69) is 10.6 Å². The molecule has 3 saturated heterocycles. The fraction of sp³-hybridized carbons (Fsp3) is 0.387. The number of aliphatic hydroxyl groups is 1. The van der Waals surface area contributed by atoms with Gasteiger partial charge in [-0.25, -0.2) is 0 Å². The van der Waals surface area contributed by atoms with Crippen molar-refractivity contribution in [3.8, 4) is 0 Å². The van der Waals surface area contributed by atoms with Gasteiger partial charge in [-0.15, -0.1) is 0 Å². The largest absolute Gasteiger partial charge is 0.396 e. The number of unbranched alkanes of at least 4 members (excludes halogenated alkanes) is 1. The van der Waals surface area contributed by atoms with E-state index in [9.17, 15) is 19.5 Å². The van der Waals surface area contributed by atoms with Crippen molar-refractivity contribution < 1.29 is 24.2 Å². The van der Waals surface area contributed by atoms with Crippen molar-refractivity contribution >= 4 is 34.2 Å². The lowest BCUT2D eigenvalue weighted by molar-refractivity contribution is -0.141. The van der Waals surface area contributed by atoms with Crippen LogP contribution in [-0.4, -0.2) is 58.6 Å². The van der Waals surface area contributed by atoms with Crippen LogP contribution in [0.4, 0.5) is 5.69 Å². The van der Waals surface area contributed by atoms with Crippen molar-refractivity contribution in [2.75, 3.05) is 18.5 Å². The molecule has 3 heterocycles. The zero-order chi connectivity index (χ0) is 27.0. The van der Waals surface area contributed by atoms with Gasteiger partial charge in [0.2, 0.25) is 17.7 Å². The fourth-order valence-electron chi connectivity index (χ4n) is 6.77. The van der Waals surface area contributed by atoms with E-state index in [0.717, 1.165) is 16.3 Å². The van der Waals surface area contributed by atoms with E-state index in [0.29, 0.717) is 44.5 Å². The molecule has 39 heavy (non-hydrogen) atoms. The highest BCUT2D eigenvalue weighted by molar-refractivity contribution is 6.04. The molecule has 3 aliphatic heterocycles. The number of fused-ring (bicyclic) bond motifs is 2. The minimum Gasteiger partial charge on any atom is -0.396 e. The molecule has 3 fully saturated rings. The van der Waals surface area contributed by atoms with Gasteiger partial charge >= 0.3 is 0 Å². The van der Waals surface area contributed by atoms with E-state index in [-0.39, 0.29) is 24.3 Å². The minimum atomic E-state index is -1.04. The topological polar surface area (TPSA) is 108 Å². The second-order valence-electron chi connectivity index (χ2n) is 10.8. The van der Waals surface area contributed by atoms with Crippen LogP contribution in [0.3, 0.4) is 0 Å². The summed E-state index contributed by atoms with van der Waals surface area (Å²) in [5.74, 6) is -2.10. The van der Waals surface area contributed by atoms with Crippen LogP contribution in [0.5, 0.6) is 0 Å². The van der Waals surface area contributed by atoms with Gasteiger partial charge in [0.15, 0.2) is 0 Å². The monoisotopic (exact) mass is 527 g/mol. The van der Waals surface area contributed by atoms with E-state index in [1.165, 1.54) is 0 Å². The molecule has 1 spiro atoms. The quantitative estimate of drug-likeness (QED) is 0.371. The lowest BCUT2D eigenvalue weighted by Crippen LogP contribution is -2.53. The molecule has 3 aliphatic rings. The molecule has 2 unspecified atom stereocenters. The highest BCUT2D eigenvalue weighted by Crippen LogP contribution is 2.58. The maximum Gasteiger partial charge on any atom is 0.250 e. The highest BCUT2D eigenvalue weighted by atomic mass is 16.5. The van der Waals surface area contributed by atoms with Gasteiger partial charge in [-0.1, -0.05) is 60.7 Å². The smallest absolute Gasteiger partial charge is 0.250 e. The Bertz CT molecular complexity index is 1400. The Morgan fingerprint density at radius 1 is 0.974 bits per heavy atom. The van der Waals surface area contributed by atoms with E-state index in [1.54, 1.807) is 4.90 Å². The van der Waals surface area contributed by atoms with Crippen LogP contribution in [0, 0.1) is 11.8 Å². The summed E-state index contributed by atoms with van der Waals surface area (Å²) in [6.07, 6.45) is 1.84. The Balaban J connectivity index is 1.27. The number of hydrogen-bond donors (Lipinski definition) is 3. The number of benzene rings is 3. The van der Waals surface area contributed by atoms with Gasteiger partial charge in [0.1, 0.15) is 11.6 Å². The van der Waals surface area contributed by atoms with Crippen LogP contribution in [0.1, 0.15) is 31.2 Å². The van der Waals surface area contributed by atoms with Crippen LogP contribution in [0.25, 0.3) is 10.8 Å². The minimum absolute atomic E-state index is 0.00758. The summed E-state index contributed by atoms with van der Waals surface area (Å²) in [5.41, 5.74) is 0.572. The molecule has 3 aromatic rings. The number of likely N-dealkylation sites (tertiary alicyclic amines) is 1. The predicted molar refractivity (Wildman–Crippen MR) is 147 cm³/mol. The van der Waals surface area contributed by atoms with Gasteiger partial charge in [-0.2, -0.15) is 0 Å².